The number of nitrogens with zero attached hydrogens (tertiary/aromatic N) is 3. The van der Waals surface area contributed by atoms with Crippen LogP contribution in [0.3, 0.4) is 0 Å². The van der Waals surface area contributed by atoms with Crippen LogP contribution in [0.2, 0.25) is 0 Å². The van der Waals surface area contributed by atoms with Crippen molar-refractivity contribution in [2.45, 2.75) is 0 Å². The van der Waals surface area contributed by atoms with Gasteiger partial charge in [0.25, 0.3) is 0 Å². The summed E-state index contributed by atoms with van der Waals surface area (Å²) in [4.78, 5) is 4.09. The van der Waals surface area contributed by atoms with E-state index in [1.807, 2.05) is 12.1 Å². The average Bonchev–Trinajstić information content (AvgIpc) is 2.32. The molecule has 2 rings (SSSR count). The average molecular weight is 229 g/mol. The van der Waals surface area contributed by atoms with E-state index >= 15 is 0 Å². The fourth-order valence-corrected chi connectivity index (χ4v) is 1.41. The minimum atomic E-state index is -0.139. The lowest BCUT2D eigenvalue weighted by atomic mass is 10.1. The maximum atomic E-state index is 9.95. The highest BCUT2D eigenvalue weighted by Crippen LogP contribution is 2.25. The zero-order valence-corrected chi connectivity index (χ0v) is 8.91. The third-order valence-electron chi connectivity index (χ3n) is 2.15. The van der Waals surface area contributed by atoms with Crippen molar-refractivity contribution in [1.82, 2.24) is 4.98 Å². The van der Waals surface area contributed by atoms with Crippen LogP contribution in [0.4, 0.5) is 0 Å². The Hall–Kier alpha value is -2.63. The molecule has 0 atom stereocenters. The van der Waals surface area contributed by atoms with Crippen molar-refractivity contribution >= 4 is 23.1 Å². The topological polar surface area (TPSA) is 110 Å². The molecule has 17 heavy (non-hydrogen) atoms. The number of phenolic OH excluding ortho intramolecular Hbond substituents is 1. The number of hydrogen-bond donors (Lipinski definition) is 3. The third-order valence-corrected chi connectivity index (χ3v) is 2.15. The van der Waals surface area contributed by atoms with Crippen LogP contribution >= 0.6 is 0 Å². The van der Waals surface area contributed by atoms with Crippen molar-refractivity contribution in [2.75, 3.05) is 0 Å². The first-order valence-corrected chi connectivity index (χ1v) is 4.87. The quantitative estimate of drug-likeness (QED) is 0.396. The van der Waals surface area contributed by atoms with Crippen molar-refractivity contribution in [1.29, 1.82) is 0 Å². The smallest absolute Gasteiger partial charge is 0.211 e. The number of aromatic hydroxyl groups is 1. The Morgan fingerprint density at radius 3 is 2.88 bits per heavy atom. The molecule has 0 unspecified atom stereocenters. The van der Waals surface area contributed by atoms with E-state index in [4.69, 9.17) is 11.5 Å². The molecule has 1 aromatic heterocycles. The number of pyridine rings is 1. The van der Waals surface area contributed by atoms with Gasteiger partial charge in [-0.2, -0.15) is 5.10 Å². The second-order valence-corrected chi connectivity index (χ2v) is 3.35. The summed E-state index contributed by atoms with van der Waals surface area (Å²) >= 11 is 0. The Morgan fingerprint density at radius 1 is 1.29 bits per heavy atom. The summed E-state index contributed by atoms with van der Waals surface area (Å²) in [6, 6.07) is 7.21. The summed E-state index contributed by atoms with van der Waals surface area (Å²) in [5, 5.41) is 17.9. The molecule has 0 radical (unpaired) electrons. The van der Waals surface area contributed by atoms with Gasteiger partial charge in [-0.15, -0.1) is 5.10 Å². The molecule has 6 nitrogen and oxygen atoms in total. The van der Waals surface area contributed by atoms with E-state index in [2.05, 4.69) is 15.2 Å². The molecule has 6 heteroatoms. The van der Waals surface area contributed by atoms with Gasteiger partial charge in [0.1, 0.15) is 5.52 Å². The fraction of sp³-hybridized carbons (Fsp3) is 0. The Bertz CT molecular complexity index is 602. The fourth-order valence-electron chi connectivity index (χ4n) is 1.41. The number of fused-ring (bicyclic) bond motifs is 1. The van der Waals surface area contributed by atoms with Crippen molar-refractivity contribution in [3.8, 4) is 5.75 Å². The second-order valence-electron chi connectivity index (χ2n) is 3.35. The second kappa shape index (κ2) is 4.48. The summed E-state index contributed by atoms with van der Waals surface area (Å²) < 4.78 is 0. The molecular weight excluding hydrogens is 218 g/mol. The molecule has 1 heterocycles. The molecule has 0 saturated carbocycles. The SMILES string of the molecule is NC(N)=NN=Cc1ccc2cccnc2c1O. The first-order chi connectivity index (χ1) is 8.18. The van der Waals surface area contributed by atoms with Crippen LogP contribution in [-0.2, 0) is 0 Å². The summed E-state index contributed by atoms with van der Waals surface area (Å²) in [7, 11) is 0. The number of hydrogen-bond acceptors (Lipinski definition) is 4. The van der Waals surface area contributed by atoms with Gasteiger partial charge in [0, 0.05) is 17.1 Å². The highest BCUT2D eigenvalue weighted by atomic mass is 16.3. The van der Waals surface area contributed by atoms with Gasteiger partial charge in [0.15, 0.2) is 5.75 Å². The zero-order valence-electron chi connectivity index (χ0n) is 8.91. The molecule has 0 aliphatic rings. The maximum absolute atomic E-state index is 9.95. The number of benzene rings is 1. The van der Waals surface area contributed by atoms with Crippen LogP contribution in [0.15, 0.2) is 40.7 Å². The lowest BCUT2D eigenvalue weighted by molar-refractivity contribution is 0.479. The van der Waals surface area contributed by atoms with Gasteiger partial charge in [-0.1, -0.05) is 12.1 Å². The van der Waals surface area contributed by atoms with Gasteiger partial charge in [-0.25, -0.2) is 0 Å². The third kappa shape index (κ3) is 2.31. The van der Waals surface area contributed by atoms with E-state index in [0.717, 1.165) is 5.39 Å². The van der Waals surface area contributed by atoms with Crippen molar-refractivity contribution < 1.29 is 5.11 Å². The summed E-state index contributed by atoms with van der Waals surface area (Å²) in [5.41, 5.74) is 11.3. The lowest BCUT2D eigenvalue weighted by Gasteiger charge is -2.02. The number of nitrogens with two attached hydrogens (primary N) is 2. The Kier molecular flexibility index (Phi) is 2.87. The first kappa shape index (κ1) is 10.9. The van der Waals surface area contributed by atoms with E-state index < -0.39 is 0 Å². The molecule has 0 saturated heterocycles. The predicted molar refractivity (Wildman–Crippen MR) is 66.8 cm³/mol. The predicted octanol–water partition coefficient (Wildman–Crippen LogP) is 0.548. The standard InChI is InChI=1S/C11H11N5O/c12-11(13)16-15-6-8-4-3-7-2-1-5-14-9(7)10(8)17/h1-6,17H,(H4,12,13,16). The summed E-state index contributed by atoms with van der Waals surface area (Å²) in [5.74, 6) is -0.0858. The van der Waals surface area contributed by atoms with Crippen LogP contribution < -0.4 is 11.5 Å². The van der Waals surface area contributed by atoms with Gasteiger partial charge in [0.05, 0.1) is 6.21 Å². The number of rotatable bonds is 2. The largest absolute Gasteiger partial charge is 0.505 e. The molecular formula is C11H11N5O. The molecule has 0 bridgehead atoms. The minimum absolute atomic E-state index is 0.0534. The Labute approximate surface area is 97.3 Å². The van der Waals surface area contributed by atoms with Crippen LogP contribution in [0.1, 0.15) is 5.56 Å². The Morgan fingerprint density at radius 2 is 2.12 bits per heavy atom. The molecule has 0 amide bonds. The lowest BCUT2D eigenvalue weighted by Crippen LogP contribution is -2.21. The van der Waals surface area contributed by atoms with Crippen LogP contribution in [0.25, 0.3) is 10.9 Å². The normalized spacial score (nSPS) is 10.8. The maximum Gasteiger partial charge on any atom is 0.211 e. The first-order valence-electron chi connectivity index (χ1n) is 4.87. The van der Waals surface area contributed by atoms with E-state index in [-0.39, 0.29) is 11.7 Å². The van der Waals surface area contributed by atoms with E-state index in [1.165, 1.54) is 6.21 Å². The van der Waals surface area contributed by atoms with Gasteiger partial charge >= 0.3 is 0 Å². The number of phenols is 1. The molecule has 0 aliphatic carbocycles. The molecule has 0 spiro atoms. The molecule has 0 fully saturated rings. The summed E-state index contributed by atoms with van der Waals surface area (Å²) in [6.07, 6.45) is 2.97. The van der Waals surface area contributed by atoms with Crippen molar-refractivity contribution in [3.63, 3.8) is 0 Å². The van der Waals surface area contributed by atoms with Gasteiger partial charge < -0.3 is 16.6 Å². The van der Waals surface area contributed by atoms with E-state index in [9.17, 15) is 5.11 Å². The summed E-state index contributed by atoms with van der Waals surface area (Å²) in [6.45, 7) is 0. The van der Waals surface area contributed by atoms with E-state index in [1.54, 1.807) is 18.3 Å². The molecule has 2 aromatic rings. The van der Waals surface area contributed by atoms with Gasteiger partial charge in [-0.05, 0) is 12.1 Å². The van der Waals surface area contributed by atoms with Gasteiger partial charge in [0.2, 0.25) is 5.96 Å². The molecule has 1 aromatic carbocycles. The Balaban J connectivity index is 2.46. The zero-order chi connectivity index (χ0) is 12.3. The molecule has 5 N–H and O–H groups in total. The van der Waals surface area contributed by atoms with Gasteiger partial charge in [-0.3, -0.25) is 4.98 Å². The van der Waals surface area contributed by atoms with Crippen LogP contribution in [-0.4, -0.2) is 22.3 Å². The highest BCUT2D eigenvalue weighted by Gasteiger charge is 2.04. The number of aromatic nitrogens is 1. The number of guanidine groups is 1. The van der Waals surface area contributed by atoms with Crippen LogP contribution in [0.5, 0.6) is 5.75 Å². The minimum Gasteiger partial charge on any atom is -0.505 e. The molecule has 0 aliphatic heterocycles. The van der Waals surface area contributed by atoms with E-state index in [0.29, 0.717) is 11.1 Å². The van der Waals surface area contributed by atoms with Crippen molar-refractivity contribution in [3.05, 3.63) is 36.0 Å². The highest BCUT2D eigenvalue weighted by molar-refractivity contribution is 5.95. The molecule has 86 valence electrons. The van der Waals surface area contributed by atoms with Crippen molar-refractivity contribution in [2.24, 2.45) is 21.7 Å². The van der Waals surface area contributed by atoms with Crippen LogP contribution in [0, 0.1) is 0 Å². The monoisotopic (exact) mass is 229 g/mol.